The van der Waals surface area contributed by atoms with Crippen LogP contribution >= 0.6 is 0 Å². The summed E-state index contributed by atoms with van der Waals surface area (Å²) in [6, 6.07) is 0. The fraction of sp³-hybridized carbons (Fsp3) is 1.00. The summed E-state index contributed by atoms with van der Waals surface area (Å²) in [5, 5.41) is 22.3. The van der Waals surface area contributed by atoms with Crippen molar-refractivity contribution in [3.63, 3.8) is 0 Å². The maximum absolute atomic E-state index is 9.97. The summed E-state index contributed by atoms with van der Waals surface area (Å²) in [6.07, 6.45) is 7.79. The Kier molecular flexibility index (Phi) is 10.3. The van der Waals surface area contributed by atoms with Crippen LogP contribution in [0.5, 0.6) is 0 Å². The molecule has 2 unspecified atom stereocenters. The molecule has 0 bridgehead atoms. The van der Waals surface area contributed by atoms with Crippen LogP contribution < -0.4 is 5.32 Å². The van der Waals surface area contributed by atoms with Crippen LogP contribution in [-0.2, 0) is 4.74 Å². The van der Waals surface area contributed by atoms with E-state index in [-0.39, 0.29) is 6.61 Å². The summed E-state index contributed by atoms with van der Waals surface area (Å²) < 4.78 is 5.82. The van der Waals surface area contributed by atoms with Gasteiger partial charge in [-0.15, -0.1) is 0 Å². The summed E-state index contributed by atoms with van der Waals surface area (Å²) in [5.41, 5.74) is 0. The predicted molar refractivity (Wildman–Crippen MR) is 86.3 cm³/mol. The number of hydrogen-bond donors (Lipinski definition) is 3. The Hall–Kier alpha value is -0.160. The molecule has 0 heterocycles. The zero-order valence-corrected chi connectivity index (χ0v) is 13.9. The van der Waals surface area contributed by atoms with Crippen LogP contribution in [0.3, 0.4) is 0 Å². The van der Waals surface area contributed by atoms with Gasteiger partial charge in [-0.2, -0.15) is 0 Å². The molecule has 3 N–H and O–H groups in total. The zero-order chi connectivity index (χ0) is 15.5. The van der Waals surface area contributed by atoms with Crippen molar-refractivity contribution in [3.05, 3.63) is 0 Å². The molecule has 1 rings (SSSR count). The van der Waals surface area contributed by atoms with E-state index in [0.717, 1.165) is 44.6 Å². The van der Waals surface area contributed by atoms with Gasteiger partial charge in [0.1, 0.15) is 0 Å². The van der Waals surface area contributed by atoms with Crippen LogP contribution in [0.1, 0.15) is 58.8 Å². The van der Waals surface area contributed by atoms with Crippen molar-refractivity contribution in [2.75, 3.05) is 26.3 Å². The molecule has 126 valence electrons. The molecule has 2 atom stereocenters. The van der Waals surface area contributed by atoms with Gasteiger partial charge in [0.25, 0.3) is 0 Å². The smallest absolute Gasteiger partial charge is 0.0897 e. The molecule has 0 saturated heterocycles. The third-order valence-electron chi connectivity index (χ3n) is 4.53. The minimum Gasteiger partial charge on any atom is -0.396 e. The molecule has 0 aromatic carbocycles. The second kappa shape index (κ2) is 11.4. The fourth-order valence-electron chi connectivity index (χ4n) is 3.10. The highest BCUT2D eigenvalue weighted by Crippen LogP contribution is 2.25. The lowest BCUT2D eigenvalue weighted by Crippen LogP contribution is -2.35. The SMILES string of the molecule is CCCC(CCO)CNCC(O)COC1CCC(C)CC1. The van der Waals surface area contributed by atoms with Crippen LogP contribution in [0.15, 0.2) is 0 Å². The first-order valence-corrected chi connectivity index (χ1v) is 8.76. The quantitative estimate of drug-likeness (QED) is 0.548. The van der Waals surface area contributed by atoms with E-state index < -0.39 is 6.10 Å². The topological polar surface area (TPSA) is 61.7 Å². The number of rotatable bonds is 11. The number of hydrogen-bond acceptors (Lipinski definition) is 4. The molecule has 1 fully saturated rings. The van der Waals surface area contributed by atoms with Crippen molar-refractivity contribution in [2.24, 2.45) is 11.8 Å². The maximum atomic E-state index is 9.97. The van der Waals surface area contributed by atoms with Crippen molar-refractivity contribution in [2.45, 2.75) is 71.0 Å². The van der Waals surface area contributed by atoms with Crippen LogP contribution in [0.25, 0.3) is 0 Å². The average Bonchev–Trinajstić information content (AvgIpc) is 2.47. The van der Waals surface area contributed by atoms with E-state index in [0.29, 0.717) is 25.2 Å². The Morgan fingerprint density at radius 1 is 1.14 bits per heavy atom. The molecule has 0 radical (unpaired) electrons. The maximum Gasteiger partial charge on any atom is 0.0897 e. The monoisotopic (exact) mass is 301 g/mol. The van der Waals surface area contributed by atoms with Gasteiger partial charge in [-0.3, -0.25) is 0 Å². The van der Waals surface area contributed by atoms with Gasteiger partial charge in [0.2, 0.25) is 0 Å². The molecule has 0 aromatic rings. The Morgan fingerprint density at radius 2 is 1.86 bits per heavy atom. The van der Waals surface area contributed by atoms with E-state index in [1.54, 1.807) is 0 Å². The molecule has 1 saturated carbocycles. The molecule has 4 nitrogen and oxygen atoms in total. The number of aliphatic hydroxyl groups is 2. The Balaban J connectivity index is 2.06. The predicted octanol–water partition coefficient (Wildman–Crippen LogP) is 2.33. The molecular formula is C17H35NO3. The summed E-state index contributed by atoms with van der Waals surface area (Å²) in [4.78, 5) is 0. The molecule has 4 heteroatoms. The van der Waals surface area contributed by atoms with Crippen LogP contribution in [0, 0.1) is 11.8 Å². The summed E-state index contributed by atoms with van der Waals surface area (Å²) in [7, 11) is 0. The summed E-state index contributed by atoms with van der Waals surface area (Å²) >= 11 is 0. The van der Waals surface area contributed by atoms with Crippen molar-refractivity contribution in [1.82, 2.24) is 5.32 Å². The van der Waals surface area contributed by atoms with Crippen molar-refractivity contribution in [3.8, 4) is 0 Å². The lowest BCUT2D eigenvalue weighted by atomic mass is 9.89. The Labute approximate surface area is 130 Å². The Bertz CT molecular complexity index is 236. The highest BCUT2D eigenvalue weighted by Gasteiger charge is 2.19. The van der Waals surface area contributed by atoms with Gasteiger partial charge in [-0.05, 0) is 56.9 Å². The largest absolute Gasteiger partial charge is 0.396 e. The lowest BCUT2D eigenvalue weighted by molar-refractivity contribution is -0.0280. The molecule has 1 aliphatic carbocycles. The Morgan fingerprint density at radius 3 is 2.48 bits per heavy atom. The van der Waals surface area contributed by atoms with Crippen molar-refractivity contribution < 1.29 is 14.9 Å². The average molecular weight is 301 g/mol. The van der Waals surface area contributed by atoms with E-state index in [9.17, 15) is 5.11 Å². The van der Waals surface area contributed by atoms with E-state index in [1.165, 1.54) is 12.8 Å². The first-order chi connectivity index (χ1) is 10.2. The van der Waals surface area contributed by atoms with Crippen molar-refractivity contribution >= 4 is 0 Å². The molecule has 0 aliphatic heterocycles. The lowest BCUT2D eigenvalue weighted by Gasteiger charge is -2.27. The highest BCUT2D eigenvalue weighted by atomic mass is 16.5. The van der Waals surface area contributed by atoms with E-state index in [2.05, 4.69) is 19.2 Å². The normalized spacial score (nSPS) is 25.7. The van der Waals surface area contributed by atoms with Gasteiger partial charge in [0.05, 0.1) is 18.8 Å². The van der Waals surface area contributed by atoms with Gasteiger partial charge in [0, 0.05) is 13.2 Å². The fourth-order valence-corrected chi connectivity index (χ4v) is 3.10. The van der Waals surface area contributed by atoms with Gasteiger partial charge in [-0.1, -0.05) is 20.3 Å². The van der Waals surface area contributed by atoms with E-state index in [1.807, 2.05) is 0 Å². The van der Waals surface area contributed by atoms with Gasteiger partial charge >= 0.3 is 0 Å². The summed E-state index contributed by atoms with van der Waals surface area (Å²) in [6.45, 7) is 6.59. The molecule has 0 amide bonds. The third-order valence-corrected chi connectivity index (χ3v) is 4.53. The number of nitrogens with one attached hydrogen (secondary N) is 1. The van der Waals surface area contributed by atoms with Gasteiger partial charge < -0.3 is 20.3 Å². The molecule has 0 aromatic heterocycles. The zero-order valence-electron chi connectivity index (χ0n) is 13.9. The van der Waals surface area contributed by atoms with Gasteiger partial charge in [-0.25, -0.2) is 0 Å². The number of ether oxygens (including phenoxy) is 1. The standard InChI is InChI=1S/C17H35NO3/c1-3-4-15(9-10-19)11-18-12-16(20)13-21-17-7-5-14(2)6-8-17/h14-20H,3-13H2,1-2H3. The summed E-state index contributed by atoms with van der Waals surface area (Å²) in [5.74, 6) is 1.34. The molecular weight excluding hydrogens is 266 g/mol. The minimum absolute atomic E-state index is 0.248. The van der Waals surface area contributed by atoms with Crippen LogP contribution in [-0.4, -0.2) is 48.7 Å². The second-order valence-electron chi connectivity index (χ2n) is 6.69. The van der Waals surface area contributed by atoms with Gasteiger partial charge in [0.15, 0.2) is 0 Å². The van der Waals surface area contributed by atoms with Crippen LogP contribution in [0.2, 0.25) is 0 Å². The highest BCUT2D eigenvalue weighted by molar-refractivity contribution is 4.71. The van der Waals surface area contributed by atoms with E-state index >= 15 is 0 Å². The number of aliphatic hydroxyl groups excluding tert-OH is 2. The van der Waals surface area contributed by atoms with Crippen molar-refractivity contribution in [1.29, 1.82) is 0 Å². The molecule has 1 aliphatic rings. The first kappa shape index (κ1) is 18.9. The molecule has 0 spiro atoms. The minimum atomic E-state index is -0.430. The third kappa shape index (κ3) is 8.77. The van der Waals surface area contributed by atoms with E-state index in [4.69, 9.17) is 9.84 Å². The van der Waals surface area contributed by atoms with Crippen LogP contribution in [0.4, 0.5) is 0 Å². The molecule has 21 heavy (non-hydrogen) atoms. The second-order valence-corrected chi connectivity index (χ2v) is 6.69. The first-order valence-electron chi connectivity index (χ1n) is 8.76.